The van der Waals surface area contributed by atoms with Crippen LogP contribution in [0.4, 0.5) is 0 Å². The monoisotopic (exact) mass is 426 g/mol. The number of benzene rings is 2. The van der Waals surface area contributed by atoms with E-state index >= 15 is 0 Å². The Morgan fingerprint density at radius 2 is 1.71 bits per heavy atom. The molecule has 0 saturated carbocycles. The summed E-state index contributed by atoms with van der Waals surface area (Å²) < 4.78 is 11.4. The number of likely N-dealkylation sites (tertiary alicyclic amines) is 1. The van der Waals surface area contributed by atoms with Crippen LogP contribution in [0.2, 0.25) is 0 Å². The van der Waals surface area contributed by atoms with Crippen LogP contribution in [0.25, 0.3) is 0 Å². The fourth-order valence-corrected chi connectivity index (χ4v) is 4.12. The molecule has 1 fully saturated rings. The minimum Gasteiger partial charge on any atom is -0.493 e. The lowest BCUT2D eigenvalue weighted by Crippen LogP contribution is -2.37. The van der Waals surface area contributed by atoms with Crippen molar-refractivity contribution in [3.63, 3.8) is 0 Å². The molecule has 1 unspecified atom stereocenters. The molecule has 170 valence electrons. The highest BCUT2D eigenvalue weighted by atomic mass is 16.5. The molecule has 31 heavy (non-hydrogen) atoms. The van der Waals surface area contributed by atoms with E-state index in [9.17, 15) is 5.11 Å². The van der Waals surface area contributed by atoms with E-state index in [0.29, 0.717) is 18.0 Å². The average molecular weight is 427 g/mol. The van der Waals surface area contributed by atoms with Crippen LogP contribution in [0.3, 0.4) is 0 Å². The van der Waals surface area contributed by atoms with Crippen molar-refractivity contribution in [2.24, 2.45) is 0 Å². The highest BCUT2D eigenvalue weighted by Gasteiger charge is 2.15. The topological polar surface area (TPSA) is 54.0 Å². The van der Waals surface area contributed by atoms with Crippen molar-refractivity contribution >= 4 is 0 Å². The molecule has 0 bridgehead atoms. The lowest BCUT2D eigenvalue weighted by atomic mass is 10.1. The summed E-state index contributed by atoms with van der Waals surface area (Å²) in [6.07, 6.45) is 5.89. The minimum atomic E-state index is -0.500. The maximum absolute atomic E-state index is 10.5. The number of methoxy groups -OCH3 is 1. The first kappa shape index (κ1) is 23.6. The highest BCUT2D eigenvalue weighted by Crippen LogP contribution is 2.28. The molecule has 1 aliphatic rings. The number of hydrogen-bond acceptors (Lipinski definition) is 5. The zero-order chi connectivity index (χ0) is 21.9. The molecule has 2 N–H and O–H groups in total. The van der Waals surface area contributed by atoms with Crippen molar-refractivity contribution < 1.29 is 14.6 Å². The largest absolute Gasteiger partial charge is 0.493 e. The second-order valence-electron chi connectivity index (χ2n) is 8.55. The first-order valence-corrected chi connectivity index (χ1v) is 11.6. The lowest BCUT2D eigenvalue weighted by Gasteiger charge is -2.26. The molecule has 5 heteroatoms. The number of nitrogens with zero attached hydrogens (tertiary/aromatic N) is 1. The third-order valence-corrected chi connectivity index (χ3v) is 5.98. The van der Waals surface area contributed by atoms with Gasteiger partial charge in [0.1, 0.15) is 12.7 Å². The van der Waals surface area contributed by atoms with Gasteiger partial charge in [-0.1, -0.05) is 49.6 Å². The van der Waals surface area contributed by atoms with E-state index in [1.807, 2.05) is 18.2 Å². The van der Waals surface area contributed by atoms with Gasteiger partial charge in [0.2, 0.25) is 0 Å². The zero-order valence-corrected chi connectivity index (χ0v) is 19.1. The Kier molecular flexibility index (Phi) is 9.66. The Hall–Kier alpha value is -2.08. The van der Waals surface area contributed by atoms with Gasteiger partial charge in [-0.25, -0.2) is 0 Å². The number of hydrogen-bond donors (Lipinski definition) is 2. The van der Waals surface area contributed by atoms with Gasteiger partial charge in [-0.05, 0) is 61.7 Å². The second-order valence-corrected chi connectivity index (χ2v) is 8.55. The molecule has 0 radical (unpaired) electrons. The van der Waals surface area contributed by atoms with E-state index in [-0.39, 0.29) is 6.61 Å². The van der Waals surface area contributed by atoms with Crippen molar-refractivity contribution in [3.05, 3.63) is 59.2 Å². The normalized spacial score (nSPS) is 16.4. The van der Waals surface area contributed by atoms with Crippen LogP contribution in [0.15, 0.2) is 42.5 Å². The summed E-state index contributed by atoms with van der Waals surface area (Å²) in [5, 5.41) is 14.0. The molecule has 0 spiro atoms. The average Bonchev–Trinajstić information content (AvgIpc) is 2.75. The van der Waals surface area contributed by atoms with E-state index in [2.05, 4.69) is 41.4 Å². The standard InChI is InChI=1S/C26H38N2O3/c1-21-10-6-7-11-23(21)18-27-17-22-12-13-25(26(16-22)30-2)31-20-24(29)19-28-14-8-4-3-5-9-15-28/h6-7,10-13,16,24,27,29H,3-5,8-9,14-15,17-20H2,1-2H3. The molecule has 0 aromatic heterocycles. The molecule has 2 aromatic carbocycles. The number of ether oxygens (including phenoxy) is 2. The van der Waals surface area contributed by atoms with Crippen LogP contribution in [0, 0.1) is 6.92 Å². The fourth-order valence-electron chi connectivity index (χ4n) is 4.12. The van der Waals surface area contributed by atoms with Gasteiger partial charge in [-0.15, -0.1) is 0 Å². The highest BCUT2D eigenvalue weighted by molar-refractivity contribution is 5.43. The molecule has 3 rings (SSSR count). The Labute approximate surface area is 187 Å². The summed E-state index contributed by atoms with van der Waals surface area (Å²) in [5.41, 5.74) is 3.74. The van der Waals surface area contributed by atoms with Crippen molar-refractivity contribution in [1.82, 2.24) is 10.2 Å². The van der Waals surface area contributed by atoms with E-state index in [0.717, 1.165) is 31.7 Å². The molecular weight excluding hydrogens is 388 g/mol. The minimum absolute atomic E-state index is 0.276. The van der Waals surface area contributed by atoms with Crippen LogP contribution >= 0.6 is 0 Å². The van der Waals surface area contributed by atoms with Gasteiger partial charge in [0.25, 0.3) is 0 Å². The molecule has 5 nitrogen and oxygen atoms in total. The maximum atomic E-state index is 10.5. The van der Waals surface area contributed by atoms with Crippen molar-refractivity contribution in [3.8, 4) is 11.5 Å². The fraction of sp³-hybridized carbons (Fsp3) is 0.538. The maximum Gasteiger partial charge on any atom is 0.161 e. The quantitative estimate of drug-likeness (QED) is 0.593. The predicted molar refractivity (Wildman–Crippen MR) is 126 cm³/mol. The number of aliphatic hydroxyl groups is 1. The molecule has 1 aliphatic heterocycles. The van der Waals surface area contributed by atoms with Crippen LogP contribution in [-0.2, 0) is 13.1 Å². The van der Waals surface area contributed by atoms with Crippen molar-refractivity contribution in [2.75, 3.05) is 33.4 Å². The lowest BCUT2D eigenvalue weighted by molar-refractivity contribution is 0.0645. The van der Waals surface area contributed by atoms with Crippen LogP contribution in [-0.4, -0.2) is 49.5 Å². The van der Waals surface area contributed by atoms with Gasteiger partial charge in [-0.2, -0.15) is 0 Å². The number of rotatable bonds is 10. The number of nitrogens with one attached hydrogen (secondary N) is 1. The Bertz CT molecular complexity index is 788. The van der Waals surface area contributed by atoms with Gasteiger partial charge in [0, 0.05) is 19.6 Å². The first-order valence-electron chi connectivity index (χ1n) is 11.6. The van der Waals surface area contributed by atoms with E-state index in [1.165, 1.54) is 43.2 Å². The Morgan fingerprint density at radius 3 is 2.45 bits per heavy atom. The molecule has 1 saturated heterocycles. The van der Waals surface area contributed by atoms with Gasteiger partial charge in [-0.3, -0.25) is 0 Å². The van der Waals surface area contributed by atoms with Gasteiger partial charge < -0.3 is 24.8 Å². The molecular formula is C26H38N2O3. The Balaban J connectivity index is 1.47. The summed E-state index contributed by atoms with van der Waals surface area (Å²) in [6, 6.07) is 14.4. The zero-order valence-electron chi connectivity index (χ0n) is 19.1. The Morgan fingerprint density at radius 1 is 0.968 bits per heavy atom. The van der Waals surface area contributed by atoms with E-state index in [1.54, 1.807) is 7.11 Å². The van der Waals surface area contributed by atoms with Crippen molar-refractivity contribution in [1.29, 1.82) is 0 Å². The van der Waals surface area contributed by atoms with Crippen molar-refractivity contribution in [2.45, 2.75) is 58.2 Å². The number of β-amino-alcohol motifs (C(OH)–C–C–N with tert-alkyl or cyclic N) is 1. The molecule has 1 heterocycles. The van der Waals surface area contributed by atoms with Crippen LogP contribution in [0.1, 0.15) is 48.8 Å². The molecule has 2 aromatic rings. The first-order chi connectivity index (χ1) is 15.2. The van der Waals surface area contributed by atoms with Crippen LogP contribution < -0.4 is 14.8 Å². The predicted octanol–water partition coefficient (Wildman–Crippen LogP) is 4.30. The SMILES string of the molecule is COc1cc(CNCc2ccccc2C)ccc1OCC(O)CN1CCCCCCC1. The molecule has 0 amide bonds. The summed E-state index contributed by atoms with van der Waals surface area (Å²) >= 11 is 0. The summed E-state index contributed by atoms with van der Waals surface area (Å²) in [7, 11) is 1.66. The van der Waals surface area contributed by atoms with Gasteiger partial charge in [0.15, 0.2) is 11.5 Å². The summed E-state index contributed by atoms with van der Waals surface area (Å²) in [4.78, 5) is 2.37. The summed E-state index contributed by atoms with van der Waals surface area (Å²) in [5.74, 6) is 1.38. The third kappa shape index (κ3) is 7.84. The number of aliphatic hydroxyl groups excluding tert-OH is 1. The van der Waals surface area contributed by atoms with E-state index < -0.39 is 6.10 Å². The molecule has 1 atom stereocenters. The smallest absolute Gasteiger partial charge is 0.161 e. The van der Waals surface area contributed by atoms with Crippen LogP contribution in [0.5, 0.6) is 11.5 Å². The van der Waals surface area contributed by atoms with E-state index in [4.69, 9.17) is 9.47 Å². The van der Waals surface area contributed by atoms with Gasteiger partial charge >= 0.3 is 0 Å². The molecule has 0 aliphatic carbocycles. The van der Waals surface area contributed by atoms with Gasteiger partial charge in [0.05, 0.1) is 7.11 Å². The summed E-state index contributed by atoms with van der Waals surface area (Å²) in [6.45, 7) is 6.81. The third-order valence-electron chi connectivity index (χ3n) is 5.98. The second kappa shape index (κ2) is 12.7. The number of aryl methyl sites for hydroxylation is 1.